The summed E-state index contributed by atoms with van der Waals surface area (Å²) in [7, 11) is 0. The van der Waals surface area contributed by atoms with Gasteiger partial charge in [-0.3, -0.25) is 0 Å². The lowest BCUT2D eigenvalue weighted by molar-refractivity contribution is -0.147. The highest BCUT2D eigenvalue weighted by atomic mass is 79.9. The molecule has 0 aliphatic heterocycles. The standard InChI is InChI=1S/C17H21BrO2/c1-17(2,3)20-16(19)13-9-5-8-12-15(18)14-10-6-4-7-11-14/h4,6-7,10-11,15H,5,8,12H2,1-3H3. The largest absolute Gasteiger partial charge is 0.450 e. The van der Waals surface area contributed by atoms with E-state index >= 15 is 0 Å². The minimum absolute atomic E-state index is 0.340. The zero-order chi connectivity index (χ0) is 15.0. The van der Waals surface area contributed by atoms with Gasteiger partial charge in [-0.05, 0) is 39.2 Å². The first-order valence-corrected chi connectivity index (χ1v) is 7.71. The Balaban J connectivity index is 2.27. The zero-order valence-corrected chi connectivity index (χ0v) is 13.9. The maximum absolute atomic E-state index is 11.4. The van der Waals surface area contributed by atoms with Crippen molar-refractivity contribution < 1.29 is 9.53 Å². The summed E-state index contributed by atoms with van der Waals surface area (Å²) in [6.45, 7) is 5.51. The number of unbranched alkanes of at least 4 members (excludes halogenated alkanes) is 1. The van der Waals surface area contributed by atoms with E-state index in [9.17, 15) is 4.79 Å². The van der Waals surface area contributed by atoms with Gasteiger partial charge in [0.1, 0.15) is 5.60 Å². The van der Waals surface area contributed by atoms with E-state index in [-0.39, 0.29) is 0 Å². The average molecular weight is 337 g/mol. The molecular weight excluding hydrogens is 316 g/mol. The summed E-state index contributed by atoms with van der Waals surface area (Å²) in [5, 5.41) is 0. The summed E-state index contributed by atoms with van der Waals surface area (Å²) in [5.41, 5.74) is 0.799. The Kier molecular flexibility index (Phi) is 6.81. The molecule has 0 saturated heterocycles. The summed E-state index contributed by atoms with van der Waals surface area (Å²) < 4.78 is 5.11. The van der Waals surface area contributed by atoms with Crippen LogP contribution in [0, 0.1) is 11.8 Å². The van der Waals surface area contributed by atoms with E-state index in [4.69, 9.17) is 4.74 Å². The second kappa shape index (κ2) is 8.11. The Hall–Kier alpha value is -1.27. The lowest BCUT2D eigenvalue weighted by Crippen LogP contribution is -2.22. The normalized spacial score (nSPS) is 12.2. The minimum atomic E-state index is -0.472. The van der Waals surface area contributed by atoms with Gasteiger partial charge in [-0.25, -0.2) is 4.79 Å². The van der Waals surface area contributed by atoms with Gasteiger partial charge in [-0.2, -0.15) is 0 Å². The SMILES string of the molecule is CC(C)(C)OC(=O)C#CCCCC(Br)c1ccccc1. The van der Waals surface area contributed by atoms with Crippen LogP contribution in [0.3, 0.4) is 0 Å². The van der Waals surface area contributed by atoms with Crippen molar-refractivity contribution in [2.75, 3.05) is 0 Å². The Morgan fingerprint density at radius 3 is 2.55 bits per heavy atom. The van der Waals surface area contributed by atoms with Gasteiger partial charge >= 0.3 is 5.97 Å². The van der Waals surface area contributed by atoms with E-state index in [0.717, 1.165) is 12.8 Å². The van der Waals surface area contributed by atoms with Crippen molar-refractivity contribution in [3.05, 3.63) is 35.9 Å². The molecule has 1 atom stereocenters. The van der Waals surface area contributed by atoms with Crippen LogP contribution >= 0.6 is 15.9 Å². The van der Waals surface area contributed by atoms with Gasteiger partial charge in [0.25, 0.3) is 0 Å². The number of hydrogen-bond donors (Lipinski definition) is 0. The van der Waals surface area contributed by atoms with Crippen molar-refractivity contribution in [1.82, 2.24) is 0 Å². The van der Waals surface area contributed by atoms with Crippen molar-refractivity contribution in [3.63, 3.8) is 0 Å². The summed E-state index contributed by atoms with van der Waals surface area (Å²) in [4.78, 5) is 11.7. The molecule has 108 valence electrons. The molecule has 20 heavy (non-hydrogen) atoms. The van der Waals surface area contributed by atoms with Crippen molar-refractivity contribution in [1.29, 1.82) is 0 Å². The molecule has 0 aromatic heterocycles. The molecule has 0 spiro atoms. The Morgan fingerprint density at radius 2 is 1.95 bits per heavy atom. The number of benzene rings is 1. The predicted octanol–water partition coefficient (Wildman–Crippen LogP) is 4.64. The zero-order valence-electron chi connectivity index (χ0n) is 12.3. The molecule has 0 fully saturated rings. The summed E-state index contributed by atoms with van der Waals surface area (Å²) in [5.74, 6) is 4.95. The van der Waals surface area contributed by atoms with Crippen LogP contribution in [0.2, 0.25) is 0 Å². The van der Waals surface area contributed by atoms with Gasteiger partial charge in [-0.15, -0.1) is 0 Å². The first-order chi connectivity index (χ1) is 9.38. The number of rotatable bonds is 4. The predicted molar refractivity (Wildman–Crippen MR) is 85.6 cm³/mol. The molecule has 0 heterocycles. The Bertz CT molecular complexity index is 477. The Morgan fingerprint density at radius 1 is 1.30 bits per heavy atom. The van der Waals surface area contributed by atoms with Crippen LogP contribution in [0.25, 0.3) is 0 Å². The topological polar surface area (TPSA) is 26.3 Å². The van der Waals surface area contributed by atoms with Crippen LogP contribution in [0.15, 0.2) is 30.3 Å². The van der Waals surface area contributed by atoms with Crippen LogP contribution in [-0.2, 0) is 9.53 Å². The van der Waals surface area contributed by atoms with Gasteiger partial charge in [0, 0.05) is 17.2 Å². The molecule has 1 unspecified atom stereocenters. The number of carbonyl (C=O) groups excluding carboxylic acids is 1. The monoisotopic (exact) mass is 336 g/mol. The molecule has 0 saturated carbocycles. The molecule has 2 nitrogen and oxygen atoms in total. The number of ether oxygens (including phenoxy) is 1. The van der Waals surface area contributed by atoms with Crippen molar-refractivity contribution in [2.45, 2.75) is 50.5 Å². The minimum Gasteiger partial charge on any atom is -0.450 e. The molecule has 1 aromatic carbocycles. The fourth-order valence-electron chi connectivity index (χ4n) is 1.64. The van der Waals surface area contributed by atoms with Gasteiger partial charge in [0.2, 0.25) is 0 Å². The van der Waals surface area contributed by atoms with Crippen molar-refractivity contribution in [3.8, 4) is 11.8 Å². The third kappa shape index (κ3) is 7.35. The molecule has 1 rings (SSSR count). The van der Waals surface area contributed by atoms with Crippen LogP contribution in [0.5, 0.6) is 0 Å². The quantitative estimate of drug-likeness (QED) is 0.263. The number of esters is 1. The van der Waals surface area contributed by atoms with Crippen molar-refractivity contribution >= 4 is 21.9 Å². The van der Waals surface area contributed by atoms with E-state index in [1.807, 2.05) is 39.0 Å². The third-order valence-electron chi connectivity index (χ3n) is 2.51. The molecule has 0 aliphatic rings. The first kappa shape index (κ1) is 16.8. The first-order valence-electron chi connectivity index (χ1n) is 6.79. The maximum atomic E-state index is 11.4. The van der Waals surface area contributed by atoms with E-state index in [0.29, 0.717) is 11.2 Å². The van der Waals surface area contributed by atoms with E-state index < -0.39 is 11.6 Å². The van der Waals surface area contributed by atoms with E-state index in [1.54, 1.807) is 0 Å². The van der Waals surface area contributed by atoms with Gasteiger partial charge in [0.15, 0.2) is 0 Å². The third-order valence-corrected chi connectivity index (χ3v) is 3.50. The lowest BCUT2D eigenvalue weighted by Gasteiger charge is -2.16. The van der Waals surface area contributed by atoms with E-state index in [2.05, 4.69) is 39.9 Å². The molecule has 0 radical (unpaired) electrons. The fraction of sp³-hybridized carbons (Fsp3) is 0.471. The molecule has 0 amide bonds. The summed E-state index contributed by atoms with van der Waals surface area (Å²) in [6.07, 6.45) is 2.64. The second-order valence-corrected chi connectivity index (χ2v) is 6.68. The number of alkyl halides is 1. The molecule has 3 heteroatoms. The van der Waals surface area contributed by atoms with Crippen LogP contribution < -0.4 is 0 Å². The summed E-state index contributed by atoms with van der Waals surface area (Å²) >= 11 is 3.67. The van der Waals surface area contributed by atoms with Crippen molar-refractivity contribution in [2.24, 2.45) is 0 Å². The van der Waals surface area contributed by atoms with Gasteiger partial charge < -0.3 is 4.74 Å². The maximum Gasteiger partial charge on any atom is 0.384 e. The highest BCUT2D eigenvalue weighted by molar-refractivity contribution is 9.09. The molecule has 0 aliphatic carbocycles. The molecule has 1 aromatic rings. The fourth-order valence-corrected chi connectivity index (χ4v) is 2.27. The Labute approximate surface area is 130 Å². The number of halogens is 1. The lowest BCUT2D eigenvalue weighted by atomic mass is 10.1. The number of hydrogen-bond acceptors (Lipinski definition) is 2. The second-order valence-electron chi connectivity index (χ2n) is 5.57. The smallest absolute Gasteiger partial charge is 0.384 e. The van der Waals surface area contributed by atoms with Crippen LogP contribution in [0.1, 0.15) is 50.4 Å². The highest BCUT2D eigenvalue weighted by Crippen LogP contribution is 2.27. The number of carbonyl (C=O) groups is 1. The highest BCUT2D eigenvalue weighted by Gasteiger charge is 2.14. The summed E-state index contributed by atoms with van der Waals surface area (Å²) in [6, 6.07) is 10.3. The average Bonchev–Trinajstić information content (AvgIpc) is 2.37. The molecule has 0 bridgehead atoms. The molecule has 0 N–H and O–H groups in total. The van der Waals surface area contributed by atoms with Gasteiger partial charge in [-0.1, -0.05) is 52.2 Å². The van der Waals surface area contributed by atoms with Crippen LogP contribution in [-0.4, -0.2) is 11.6 Å². The van der Waals surface area contributed by atoms with Gasteiger partial charge in [0.05, 0.1) is 0 Å². The van der Waals surface area contributed by atoms with E-state index in [1.165, 1.54) is 5.56 Å². The van der Waals surface area contributed by atoms with Crippen LogP contribution in [0.4, 0.5) is 0 Å². The molecular formula is C17H21BrO2.